The van der Waals surface area contributed by atoms with Gasteiger partial charge in [-0.05, 0) is 37.1 Å². The Morgan fingerprint density at radius 1 is 1.27 bits per heavy atom. The van der Waals surface area contributed by atoms with Crippen LogP contribution in [0.25, 0.3) is 0 Å². The number of benzene rings is 1. The fraction of sp³-hybridized carbons (Fsp3) is 0.471. The normalized spacial score (nSPS) is 15.0. The molecule has 1 aliphatic carbocycles. The van der Waals surface area contributed by atoms with Gasteiger partial charge in [0.05, 0.1) is 5.75 Å². The summed E-state index contributed by atoms with van der Waals surface area (Å²) in [5.41, 5.74) is 0. The molecule has 0 saturated heterocycles. The Bertz CT molecular complexity index is 731. The molecule has 1 aromatic carbocycles. The van der Waals surface area contributed by atoms with Gasteiger partial charge in [-0.25, -0.2) is 4.68 Å². The third-order valence-corrected chi connectivity index (χ3v) is 5.41. The number of ether oxygens (including phenoxy) is 1. The number of carbonyl (C=O) groups is 1. The Morgan fingerprint density at radius 3 is 2.73 bits per heavy atom. The monoisotopic (exact) mass is 395 g/mol. The number of nitrogens with two attached hydrogens (primary N) is 1. The molecule has 0 bridgehead atoms. The van der Waals surface area contributed by atoms with Crippen molar-refractivity contribution in [1.82, 2.24) is 20.2 Å². The van der Waals surface area contributed by atoms with Gasteiger partial charge in [-0.1, -0.05) is 42.6 Å². The third kappa shape index (κ3) is 5.28. The van der Waals surface area contributed by atoms with Crippen LogP contribution in [0.4, 0.5) is 0 Å². The van der Waals surface area contributed by atoms with Gasteiger partial charge in [0.15, 0.2) is 5.82 Å². The van der Waals surface area contributed by atoms with Crippen LogP contribution in [-0.2, 0) is 11.4 Å². The molecule has 0 unspecified atom stereocenters. The van der Waals surface area contributed by atoms with Gasteiger partial charge in [-0.3, -0.25) is 4.79 Å². The molecular formula is C17H22ClN5O2S. The van der Waals surface area contributed by atoms with E-state index in [1.54, 1.807) is 24.3 Å². The predicted molar refractivity (Wildman–Crippen MR) is 102 cm³/mol. The van der Waals surface area contributed by atoms with Gasteiger partial charge in [0, 0.05) is 11.1 Å². The lowest BCUT2D eigenvalue weighted by molar-refractivity contribution is -0.119. The minimum absolute atomic E-state index is 0.00358. The van der Waals surface area contributed by atoms with E-state index in [-0.39, 0.29) is 18.3 Å². The zero-order chi connectivity index (χ0) is 18.4. The summed E-state index contributed by atoms with van der Waals surface area (Å²) in [6, 6.07) is 7.33. The molecule has 140 valence electrons. The maximum Gasteiger partial charge on any atom is 0.230 e. The summed E-state index contributed by atoms with van der Waals surface area (Å²) in [4.78, 5) is 12.1. The fourth-order valence-electron chi connectivity index (χ4n) is 2.83. The van der Waals surface area contributed by atoms with Gasteiger partial charge in [-0.2, -0.15) is 0 Å². The number of carbonyl (C=O) groups excluding carboxylic acids is 1. The van der Waals surface area contributed by atoms with Crippen LogP contribution in [0, 0.1) is 0 Å². The molecule has 0 atom stereocenters. The molecule has 3 N–H and O–H groups in total. The van der Waals surface area contributed by atoms with E-state index in [4.69, 9.17) is 22.2 Å². The highest BCUT2D eigenvalue weighted by atomic mass is 35.5. The van der Waals surface area contributed by atoms with Gasteiger partial charge in [-0.15, -0.1) is 10.2 Å². The molecular weight excluding hydrogens is 374 g/mol. The summed E-state index contributed by atoms with van der Waals surface area (Å²) in [5.74, 6) is 7.42. The predicted octanol–water partition coefficient (Wildman–Crippen LogP) is 2.77. The van der Waals surface area contributed by atoms with Gasteiger partial charge >= 0.3 is 0 Å². The van der Waals surface area contributed by atoms with Crippen molar-refractivity contribution in [1.29, 1.82) is 0 Å². The lowest BCUT2D eigenvalue weighted by Gasteiger charge is -2.22. The maximum atomic E-state index is 12.1. The van der Waals surface area contributed by atoms with Crippen molar-refractivity contribution in [3.8, 4) is 5.75 Å². The highest BCUT2D eigenvalue weighted by molar-refractivity contribution is 7.99. The Balaban J connectivity index is 1.47. The van der Waals surface area contributed by atoms with Gasteiger partial charge in [0.1, 0.15) is 12.4 Å². The second-order valence-electron chi connectivity index (χ2n) is 6.20. The van der Waals surface area contributed by atoms with E-state index < -0.39 is 0 Å². The Labute approximate surface area is 161 Å². The van der Waals surface area contributed by atoms with E-state index in [2.05, 4.69) is 15.5 Å². The Kier molecular flexibility index (Phi) is 6.62. The average Bonchev–Trinajstić information content (AvgIpc) is 3.00. The van der Waals surface area contributed by atoms with Gasteiger partial charge in [0.2, 0.25) is 11.1 Å². The molecule has 1 fully saturated rings. The van der Waals surface area contributed by atoms with Crippen molar-refractivity contribution in [3.63, 3.8) is 0 Å². The first-order chi connectivity index (χ1) is 12.6. The lowest BCUT2D eigenvalue weighted by atomic mass is 9.95. The molecule has 2 aromatic rings. The summed E-state index contributed by atoms with van der Waals surface area (Å²) in [6.45, 7) is 0.181. The summed E-state index contributed by atoms with van der Waals surface area (Å²) < 4.78 is 6.97. The quantitative estimate of drug-likeness (QED) is 0.553. The molecule has 0 spiro atoms. The topological polar surface area (TPSA) is 95.1 Å². The molecule has 1 amide bonds. The smallest absolute Gasteiger partial charge is 0.230 e. The molecule has 7 nitrogen and oxygen atoms in total. The van der Waals surface area contributed by atoms with Crippen LogP contribution in [-0.4, -0.2) is 32.6 Å². The second-order valence-corrected chi connectivity index (χ2v) is 7.58. The number of thioether (sulfide) groups is 1. The van der Waals surface area contributed by atoms with Gasteiger partial charge < -0.3 is 15.9 Å². The molecule has 3 rings (SSSR count). The Morgan fingerprint density at radius 2 is 2.00 bits per heavy atom. The van der Waals surface area contributed by atoms with Crippen LogP contribution in [0.15, 0.2) is 29.4 Å². The summed E-state index contributed by atoms with van der Waals surface area (Å²) in [6.07, 6.45) is 5.77. The minimum Gasteiger partial charge on any atom is -0.486 e. The van der Waals surface area contributed by atoms with E-state index in [1.165, 1.54) is 35.7 Å². The first-order valence-corrected chi connectivity index (χ1v) is 9.98. The largest absolute Gasteiger partial charge is 0.486 e. The number of hydrogen-bond acceptors (Lipinski definition) is 6. The third-order valence-electron chi connectivity index (χ3n) is 4.22. The fourth-order valence-corrected chi connectivity index (χ4v) is 3.64. The van der Waals surface area contributed by atoms with Crippen molar-refractivity contribution in [2.45, 2.75) is 49.9 Å². The summed E-state index contributed by atoms with van der Waals surface area (Å²) in [7, 11) is 0. The van der Waals surface area contributed by atoms with Crippen LogP contribution >= 0.6 is 23.4 Å². The summed E-state index contributed by atoms with van der Waals surface area (Å²) in [5, 5.41) is 12.3. The molecule has 1 aliphatic rings. The van der Waals surface area contributed by atoms with E-state index in [1.807, 2.05) is 0 Å². The number of amides is 1. The highest BCUT2D eigenvalue weighted by Crippen LogP contribution is 2.20. The average molecular weight is 396 g/mol. The van der Waals surface area contributed by atoms with E-state index in [9.17, 15) is 4.79 Å². The van der Waals surface area contributed by atoms with Crippen molar-refractivity contribution in [2.24, 2.45) is 0 Å². The van der Waals surface area contributed by atoms with E-state index in [0.717, 1.165) is 12.8 Å². The number of aromatic nitrogens is 3. The van der Waals surface area contributed by atoms with Crippen LogP contribution in [0.2, 0.25) is 5.02 Å². The number of hydrogen-bond donors (Lipinski definition) is 2. The SMILES string of the molecule is Nn1c(COc2ccc(Cl)cc2)nnc1SCC(=O)NC1CCCCC1. The zero-order valence-corrected chi connectivity index (χ0v) is 15.9. The highest BCUT2D eigenvalue weighted by Gasteiger charge is 2.17. The molecule has 1 heterocycles. The van der Waals surface area contributed by atoms with Gasteiger partial charge in [0.25, 0.3) is 0 Å². The van der Waals surface area contributed by atoms with Crippen LogP contribution in [0.5, 0.6) is 5.75 Å². The first-order valence-electron chi connectivity index (χ1n) is 8.61. The zero-order valence-electron chi connectivity index (χ0n) is 14.4. The molecule has 9 heteroatoms. The Hall–Kier alpha value is -1.93. The molecule has 26 heavy (non-hydrogen) atoms. The number of nitrogens with zero attached hydrogens (tertiary/aromatic N) is 3. The summed E-state index contributed by atoms with van der Waals surface area (Å²) >= 11 is 7.11. The van der Waals surface area contributed by atoms with Crippen LogP contribution in [0.3, 0.4) is 0 Å². The van der Waals surface area contributed by atoms with Crippen molar-refractivity contribution in [3.05, 3.63) is 35.1 Å². The van der Waals surface area contributed by atoms with Crippen molar-refractivity contribution >= 4 is 29.3 Å². The molecule has 1 aromatic heterocycles. The standard InChI is InChI=1S/C17H22ClN5O2S/c18-12-6-8-14(9-7-12)25-10-15-21-22-17(23(15)19)26-11-16(24)20-13-4-2-1-3-5-13/h6-9,13H,1-5,10-11,19H2,(H,20,24). The molecule has 0 aliphatic heterocycles. The number of rotatable bonds is 7. The number of nitrogen functional groups attached to an aromatic ring is 1. The number of nitrogens with one attached hydrogen (secondary N) is 1. The van der Waals surface area contributed by atoms with Crippen LogP contribution in [0.1, 0.15) is 37.9 Å². The molecule has 1 saturated carbocycles. The van der Waals surface area contributed by atoms with E-state index >= 15 is 0 Å². The number of halogens is 1. The van der Waals surface area contributed by atoms with Crippen molar-refractivity contribution in [2.75, 3.05) is 11.6 Å². The van der Waals surface area contributed by atoms with E-state index in [0.29, 0.717) is 27.8 Å². The van der Waals surface area contributed by atoms with Crippen LogP contribution < -0.4 is 15.9 Å². The molecule has 0 radical (unpaired) electrons. The van der Waals surface area contributed by atoms with Crippen molar-refractivity contribution < 1.29 is 9.53 Å². The minimum atomic E-state index is 0.00358. The second kappa shape index (κ2) is 9.14. The first kappa shape index (κ1) is 18.8. The maximum absolute atomic E-state index is 12.1. The lowest BCUT2D eigenvalue weighted by Crippen LogP contribution is -2.37.